The number of benzene rings is 8. The zero-order chi connectivity index (χ0) is 36.2. The number of rotatable bonds is 3. The van der Waals surface area contributed by atoms with Gasteiger partial charge in [0, 0.05) is 43.4 Å². The normalized spacial score (nSPS) is 11.8. The van der Waals surface area contributed by atoms with E-state index in [4.69, 9.17) is 4.42 Å². The van der Waals surface area contributed by atoms with E-state index in [2.05, 4.69) is 0 Å². The average molecular weight is 689 g/mol. The monoisotopic (exact) mass is 688 g/mol. The summed E-state index contributed by atoms with van der Waals surface area (Å²) in [6.07, 6.45) is 0. The lowest BCUT2D eigenvalue weighted by atomic mass is 9.81. The predicted molar refractivity (Wildman–Crippen MR) is 201 cm³/mol. The molecular formula is C43H28O9. The first-order valence-electron chi connectivity index (χ1n) is 16.3. The Morgan fingerprint density at radius 1 is 0.385 bits per heavy atom. The molecule has 9 heteroatoms. The van der Waals surface area contributed by atoms with Gasteiger partial charge in [-0.2, -0.15) is 0 Å². The first-order chi connectivity index (χ1) is 25.1. The lowest BCUT2D eigenvalue weighted by Gasteiger charge is -2.23. The Labute approximate surface area is 294 Å². The number of phenols is 8. The molecule has 0 aliphatic rings. The summed E-state index contributed by atoms with van der Waals surface area (Å²) < 4.78 is 6.30. The van der Waals surface area contributed by atoms with Crippen molar-refractivity contribution in [2.24, 2.45) is 0 Å². The van der Waals surface area contributed by atoms with Crippen molar-refractivity contribution in [1.29, 1.82) is 0 Å². The first-order valence-corrected chi connectivity index (χ1v) is 16.3. The summed E-state index contributed by atoms with van der Waals surface area (Å²) in [6, 6.07) is 31.6. The van der Waals surface area contributed by atoms with Crippen molar-refractivity contribution >= 4 is 54.3 Å². The van der Waals surface area contributed by atoms with Crippen LogP contribution in [0.15, 0.2) is 108 Å². The minimum atomic E-state index is -1.03. The molecule has 52 heavy (non-hydrogen) atoms. The molecule has 0 saturated heterocycles. The molecule has 0 unspecified atom stereocenters. The molecular weight excluding hydrogens is 660 g/mol. The van der Waals surface area contributed by atoms with Gasteiger partial charge in [-0.05, 0) is 69.8 Å². The largest absolute Gasteiger partial charge is 0.504 e. The number of phenolic OH excluding ortho intramolecular Hbond substituents is 8. The second-order valence-corrected chi connectivity index (χ2v) is 12.9. The molecule has 9 aromatic rings. The van der Waals surface area contributed by atoms with Gasteiger partial charge in [0.25, 0.3) is 0 Å². The number of aromatic hydroxyl groups is 8. The molecule has 0 radical (unpaired) electrons. The molecule has 254 valence electrons. The van der Waals surface area contributed by atoms with Gasteiger partial charge in [0.2, 0.25) is 23.0 Å². The maximum atomic E-state index is 11.7. The number of hydrogen-bond acceptors (Lipinski definition) is 9. The zero-order valence-electron chi connectivity index (χ0n) is 27.3. The van der Waals surface area contributed by atoms with Gasteiger partial charge in [-0.25, -0.2) is 0 Å². The van der Waals surface area contributed by atoms with Crippen LogP contribution in [0.2, 0.25) is 0 Å². The van der Waals surface area contributed by atoms with E-state index in [1.807, 2.05) is 72.8 Å². The molecule has 9 rings (SSSR count). The third kappa shape index (κ3) is 4.10. The summed E-state index contributed by atoms with van der Waals surface area (Å²) in [6.45, 7) is 1.80. The van der Waals surface area contributed by atoms with Gasteiger partial charge >= 0.3 is 0 Å². The number of fused-ring (bicyclic) bond motifs is 6. The molecule has 0 aliphatic heterocycles. The van der Waals surface area contributed by atoms with E-state index >= 15 is 0 Å². The van der Waals surface area contributed by atoms with Crippen LogP contribution in [0, 0.1) is 6.92 Å². The van der Waals surface area contributed by atoms with Crippen molar-refractivity contribution in [3.05, 3.63) is 109 Å². The molecule has 1 heterocycles. The van der Waals surface area contributed by atoms with Crippen LogP contribution in [0.1, 0.15) is 5.56 Å². The topological polar surface area (TPSA) is 175 Å². The molecule has 8 N–H and O–H groups in total. The van der Waals surface area contributed by atoms with Crippen LogP contribution >= 0.6 is 0 Å². The van der Waals surface area contributed by atoms with Crippen LogP contribution in [0.4, 0.5) is 0 Å². The molecule has 0 spiro atoms. The lowest BCUT2D eigenvalue weighted by molar-refractivity contribution is 0.350. The molecule has 1 aromatic heterocycles. The fourth-order valence-electron chi connectivity index (χ4n) is 7.63. The van der Waals surface area contributed by atoms with E-state index in [1.54, 1.807) is 37.3 Å². The highest BCUT2D eigenvalue weighted by molar-refractivity contribution is 6.29. The van der Waals surface area contributed by atoms with Gasteiger partial charge in [-0.1, -0.05) is 78.9 Å². The summed E-state index contributed by atoms with van der Waals surface area (Å²) in [5.74, 6) is -7.48. The Hall–Kier alpha value is -7.26. The maximum absolute atomic E-state index is 11.7. The van der Waals surface area contributed by atoms with Crippen LogP contribution in [-0.2, 0) is 0 Å². The Kier molecular flexibility index (Phi) is 6.43. The van der Waals surface area contributed by atoms with Gasteiger partial charge in [-0.3, -0.25) is 0 Å². The van der Waals surface area contributed by atoms with E-state index in [9.17, 15) is 40.9 Å². The van der Waals surface area contributed by atoms with Crippen molar-refractivity contribution < 1.29 is 45.3 Å². The second kappa shape index (κ2) is 10.9. The van der Waals surface area contributed by atoms with E-state index < -0.39 is 46.0 Å². The highest BCUT2D eigenvalue weighted by Crippen LogP contribution is 2.62. The molecule has 8 aromatic carbocycles. The molecule has 0 fully saturated rings. The molecule has 0 bridgehead atoms. The standard InChI is InChI=1S/C43H28O9/c1-19-24(20-8-3-2-4-9-20)12-7-13-25(19)31-34-32(36(44)40(48)42(50)38(34)46)30(33-35(31)39(47)43(51)41(49)37(33)45)23-14-15-26-27-16-21-10-5-6-11-22(21)17-29(27)52-28(26)18-23/h2-18,44-51H,1H3. The highest BCUT2D eigenvalue weighted by Gasteiger charge is 2.33. The summed E-state index contributed by atoms with van der Waals surface area (Å²) in [4.78, 5) is 0. The highest BCUT2D eigenvalue weighted by atomic mass is 16.4. The van der Waals surface area contributed by atoms with E-state index in [1.165, 1.54) is 0 Å². The Morgan fingerprint density at radius 3 is 1.48 bits per heavy atom. The van der Waals surface area contributed by atoms with Crippen LogP contribution in [0.3, 0.4) is 0 Å². The van der Waals surface area contributed by atoms with Crippen LogP contribution in [-0.4, -0.2) is 40.9 Å². The zero-order valence-corrected chi connectivity index (χ0v) is 27.3. The Morgan fingerprint density at radius 2 is 0.885 bits per heavy atom. The van der Waals surface area contributed by atoms with E-state index in [-0.39, 0.29) is 38.2 Å². The van der Waals surface area contributed by atoms with Crippen LogP contribution < -0.4 is 0 Å². The Bertz CT molecular complexity index is 2920. The minimum Gasteiger partial charge on any atom is -0.504 e. The second-order valence-electron chi connectivity index (χ2n) is 12.9. The van der Waals surface area contributed by atoms with Crippen molar-refractivity contribution in [2.75, 3.05) is 0 Å². The maximum Gasteiger partial charge on any atom is 0.204 e. The third-order valence-electron chi connectivity index (χ3n) is 10.1. The van der Waals surface area contributed by atoms with Crippen LogP contribution in [0.25, 0.3) is 87.6 Å². The quantitative estimate of drug-likeness (QED) is 0.0510. The molecule has 9 nitrogen and oxygen atoms in total. The van der Waals surface area contributed by atoms with Crippen molar-refractivity contribution in [2.45, 2.75) is 6.92 Å². The van der Waals surface area contributed by atoms with Gasteiger partial charge in [0.1, 0.15) is 11.2 Å². The van der Waals surface area contributed by atoms with E-state index in [0.29, 0.717) is 22.3 Å². The third-order valence-corrected chi connectivity index (χ3v) is 10.1. The van der Waals surface area contributed by atoms with Gasteiger partial charge in [-0.15, -0.1) is 0 Å². The smallest absolute Gasteiger partial charge is 0.204 e. The number of furan rings is 1. The van der Waals surface area contributed by atoms with Gasteiger partial charge < -0.3 is 45.3 Å². The summed E-state index contributed by atoms with van der Waals surface area (Å²) in [7, 11) is 0. The summed E-state index contributed by atoms with van der Waals surface area (Å²) >= 11 is 0. The SMILES string of the molecule is Cc1c(-c2ccccc2)cccc1-c1c2c(O)c(O)c(O)c(O)c2c(-c2ccc3c(c2)oc2cc4ccccc4cc23)c2c(O)c(O)c(O)c(O)c12. The predicted octanol–water partition coefficient (Wildman–Crippen LogP) is 10.00. The van der Waals surface area contributed by atoms with Crippen molar-refractivity contribution in [3.8, 4) is 79.4 Å². The van der Waals surface area contributed by atoms with Gasteiger partial charge in [0.05, 0.1) is 0 Å². The van der Waals surface area contributed by atoms with Crippen LogP contribution in [0.5, 0.6) is 46.0 Å². The average Bonchev–Trinajstić information content (AvgIpc) is 3.52. The number of hydrogen-bond donors (Lipinski definition) is 8. The lowest BCUT2D eigenvalue weighted by Crippen LogP contribution is -1.96. The summed E-state index contributed by atoms with van der Waals surface area (Å²) in [5, 5.41) is 93.1. The van der Waals surface area contributed by atoms with Crippen molar-refractivity contribution in [1.82, 2.24) is 0 Å². The van der Waals surface area contributed by atoms with E-state index in [0.717, 1.165) is 32.7 Å². The fourth-order valence-corrected chi connectivity index (χ4v) is 7.63. The molecule has 0 saturated carbocycles. The minimum absolute atomic E-state index is 0.00765. The fraction of sp³-hybridized carbons (Fsp3) is 0.0233. The first kappa shape index (κ1) is 30.8. The van der Waals surface area contributed by atoms with Gasteiger partial charge in [0.15, 0.2) is 23.0 Å². The summed E-state index contributed by atoms with van der Waals surface area (Å²) in [5.41, 5.74) is 3.86. The van der Waals surface area contributed by atoms with Crippen molar-refractivity contribution in [3.63, 3.8) is 0 Å². The molecule has 0 atom stereocenters. The molecule has 0 amide bonds. The Balaban J connectivity index is 1.48. The molecule has 0 aliphatic carbocycles.